The fourth-order valence-corrected chi connectivity index (χ4v) is 2.32. The van der Waals surface area contributed by atoms with Crippen LogP contribution in [0.3, 0.4) is 0 Å². The van der Waals surface area contributed by atoms with E-state index in [1.54, 1.807) is 0 Å². The lowest BCUT2D eigenvalue weighted by molar-refractivity contribution is -0.139. The Balaban J connectivity index is 1.93. The van der Waals surface area contributed by atoms with E-state index in [4.69, 9.17) is 0 Å². The van der Waals surface area contributed by atoms with Gasteiger partial charge < -0.3 is 10.4 Å². The highest BCUT2D eigenvalue weighted by molar-refractivity contribution is 5.73. The second kappa shape index (κ2) is 7.60. The van der Waals surface area contributed by atoms with Crippen molar-refractivity contribution in [3.8, 4) is 0 Å². The van der Waals surface area contributed by atoms with Crippen LogP contribution in [0.15, 0.2) is 60.7 Å². The van der Waals surface area contributed by atoms with Crippen LogP contribution < -0.4 is 5.32 Å². The van der Waals surface area contributed by atoms with E-state index in [1.807, 2.05) is 48.5 Å². The van der Waals surface area contributed by atoms with Gasteiger partial charge in [0.05, 0.1) is 0 Å². The molecule has 110 valence electrons. The van der Waals surface area contributed by atoms with Crippen molar-refractivity contribution in [2.75, 3.05) is 6.54 Å². The number of aliphatic carboxylic acids is 1. The van der Waals surface area contributed by atoms with Crippen LogP contribution in [0.25, 0.3) is 0 Å². The van der Waals surface area contributed by atoms with Gasteiger partial charge in [-0.1, -0.05) is 67.6 Å². The van der Waals surface area contributed by atoms with Crippen LogP contribution in [0.5, 0.6) is 0 Å². The number of rotatable bonds is 7. The summed E-state index contributed by atoms with van der Waals surface area (Å²) in [6.45, 7) is 2.75. The molecule has 0 spiro atoms. The van der Waals surface area contributed by atoms with Gasteiger partial charge in [0.25, 0.3) is 0 Å². The fourth-order valence-electron chi connectivity index (χ4n) is 2.32. The standard InChI is InChI=1S/C18H21NO2/c1-14(16-10-6-3-7-11-16)13-19-17(18(20)21)12-15-8-4-2-5-9-15/h2-11,14,17,19H,12-13H2,1H3,(H,20,21)/t14?,17-/m1/s1. The van der Waals surface area contributed by atoms with E-state index in [1.165, 1.54) is 5.56 Å². The third-order valence-corrected chi connectivity index (χ3v) is 3.62. The molecular formula is C18H21NO2. The molecule has 2 N–H and O–H groups in total. The molecule has 0 aliphatic carbocycles. The Morgan fingerprint density at radius 1 is 1.05 bits per heavy atom. The predicted octanol–water partition coefficient (Wildman–Crippen LogP) is 3.08. The van der Waals surface area contributed by atoms with Crippen molar-refractivity contribution in [1.82, 2.24) is 5.32 Å². The molecule has 0 heterocycles. The molecular weight excluding hydrogens is 262 g/mol. The number of hydrogen-bond acceptors (Lipinski definition) is 2. The summed E-state index contributed by atoms with van der Waals surface area (Å²) in [5.74, 6) is -0.525. The van der Waals surface area contributed by atoms with Crippen molar-refractivity contribution in [2.24, 2.45) is 0 Å². The summed E-state index contributed by atoms with van der Waals surface area (Å²) in [6.07, 6.45) is 0.498. The number of carboxylic acid groups (broad SMARTS) is 1. The smallest absolute Gasteiger partial charge is 0.321 e. The summed E-state index contributed by atoms with van der Waals surface area (Å²) in [5, 5.41) is 12.5. The fraction of sp³-hybridized carbons (Fsp3) is 0.278. The second-order valence-electron chi connectivity index (χ2n) is 5.30. The quantitative estimate of drug-likeness (QED) is 0.821. The lowest BCUT2D eigenvalue weighted by Crippen LogP contribution is -2.40. The zero-order valence-electron chi connectivity index (χ0n) is 12.2. The number of carbonyl (C=O) groups is 1. The summed E-state index contributed by atoms with van der Waals surface area (Å²) < 4.78 is 0. The lowest BCUT2D eigenvalue weighted by Gasteiger charge is -2.18. The van der Waals surface area contributed by atoms with Crippen molar-refractivity contribution in [2.45, 2.75) is 25.3 Å². The highest BCUT2D eigenvalue weighted by Gasteiger charge is 2.18. The molecule has 2 atom stereocenters. The van der Waals surface area contributed by atoms with E-state index in [-0.39, 0.29) is 5.92 Å². The predicted molar refractivity (Wildman–Crippen MR) is 84.4 cm³/mol. The van der Waals surface area contributed by atoms with Crippen molar-refractivity contribution in [3.63, 3.8) is 0 Å². The van der Waals surface area contributed by atoms with Crippen LogP contribution in [0.2, 0.25) is 0 Å². The second-order valence-corrected chi connectivity index (χ2v) is 5.30. The third kappa shape index (κ3) is 4.72. The van der Waals surface area contributed by atoms with Crippen molar-refractivity contribution in [3.05, 3.63) is 71.8 Å². The Labute approximate surface area is 125 Å². The molecule has 21 heavy (non-hydrogen) atoms. The van der Waals surface area contributed by atoms with Crippen LogP contribution in [0.1, 0.15) is 24.0 Å². The molecule has 0 radical (unpaired) electrons. The van der Waals surface area contributed by atoms with Gasteiger partial charge in [-0.05, 0) is 23.5 Å². The number of benzene rings is 2. The van der Waals surface area contributed by atoms with Gasteiger partial charge in [-0.15, -0.1) is 0 Å². The Bertz CT molecular complexity index is 554. The first-order valence-corrected chi connectivity index (χ1v) is 7.22. The van der Waals surface area contributed by atoms with Gasteiger partial charge in [0, 0.05) is 6.54 Å². The monoisotopic (exact) mass is 283 g/mol. The molecule has 2 aromatic rings. The first-order valence-electron chi connectivity index (χ1n) is 7.22. The average Bonchev–Trinajstić information content (AvgIpc) is 2.52. The highest BCUT2D eigenvalue weighted by Crippen LogP contribution is 2.14. The van der Waals surface area contributed by atoms with Gasteiger partial charge in [0.1, 0.15) is 6.04 Å². The van der Waals surface area contributed by atoms with Gasteiger partial charge in [0.15, 0.2) is 0 Å². The Hall–Kier alpha value is -2.13. The molecule has 2 aromatic carbocycles. The average molecular weight is 283 g/mol. The highest BCUT2D eigenvalue weighted by atomic mass is 16.4. The summed E-state index contributed by atoms with van der Waals surface area (Å²) in [4.78, 5) is 11.4. The Morgan fingerprint density at radius 3 is 2.19 bits per heavy atom. The zero-order chi connectivity index (χ0) is 15.1. The Kier molecular flexibility index (Phi) is 5.52. The minimum atomic E-state index is -0.806. The molecule has 0 aromatic heterocycles. The molecule has 0 fully saturated rings. The zero-order valence-corrected chi connectivity index (χ0v) is 12.2. The van der Waals surface area contributed by atoms with Gasteiger partial charge in [-0.2, -0.15) is 0 Å². The molecule has 3 heteroatoms. The van der Waals surface area contributed by atoms with E-state index in [2.05, 4.69) is 24.4 Å². The lowest BCUT2D eigenvalue weighted by atomic mass is 10.00. The maximum absolute atomic E-state index is 11.4. The summed E-state index contributed by atoms with van der Waals surface area (Å²) >= 11 is 0. The molecule has 3 nitrogen and oxygen atoms in total. The van der Waals surface area contributed by atoms with Crippen LogP contribution >= 0.6 is 0 Å². The van der Waals surface area contributed by atoms with E-state index < -0.39 is 12.0 Å². The third-order valence-electron chi connectivity index (χ3n) is 3.62. The Morgan fingerprint density at radius 2 is 1.62 bits per heavy atom. The van der Waals surface area contributed by atoms with Gasteiger partial charge >= 0.3 is 5.97 Å². The van der Waals surface area contributed by atoms with E-state index in [0.29, 0.717) is 13.0 Å². The van der Waals surface area contributed by atoms with Crippen molar-refractivity contribution in [1.29, 1.82) is 0 Å². The van der Waals surface area contributed by atoms with Crippen LogP contribution in [0, 0.1) is 0 Å². The van der Waals surface area contributed by atoms with E-state index in [9.17, 15) is 9.90 Å². The molecule has 0 saturated carbocycles. The molecule has 2 rings (SSSR count). The summed E-state index contributed by atoms with van der Waals surface area (Å²) in [5.41, 5.74) is 2.25. The molecule has 0 saturated heterocycles. The van der Waals surface area contributed by atoms with Crippen LogP contribution in [-0.4, -0.2) is 23.7 Å². The first kappa shape index (κ1) is 15.3. The molecule has 0 aliphatic rings. The summed E-state index contributed by atoms with van der Waals surface area (Å²) in [6, 6.07) is 19.3. The number of carboxylic acids is 1. The van der Waals surface area contributed by atoms with Gasteiger partial charge in [0.2, 0.25) is 0 Å². The molecule has 1 unspecified atom stereocenters. The van der Waals surface area contributed by atoms with Gasteiger partial charge in [-0.3, -0.25) is 4.79 Å². The minimum absolute atomic E-state index is 0.281. The normalized spacial score (nSPS) is 13.6. The number of nitrogens with one attached hydrogen (secondary N) is 1. The van der Waals surface area contributed by atoms with E-state index in [0.717, 1.165) is 5.56 Å². The van der Waals surface area contributed by atoms with Crippen LogP contribution in [0.4, 0.5) is 0 Å². The minimum Gasteiger partial charge on any atom is -0.480 e. The molecule has 0 bridgehead atoms. The first-order chi connectivity index (χ1) is 10.2. The van der Waals surface area contributed by atoms with Crippen LogP contribution in [-0.2, 0) is 11.2 Å². The van der Waals surface area contributed by atoms with Crippen molar-refractivity contribution < 1.29 is 9.90 Å². The SMILES string of the molecule is CC(CN[C@H](Cc1ccccc1)C(=O)O)c1ccccc1. The van der Waals surface area contributed by atoms with Crippen molar-refractivity contribution >= 4 is 5.97 Å². The number of hydrogen-bond donors (Lipinski definition) is 2. The molecule has 0 aliphatic heterocycles. The maximum atomic E-state index is 11.4. The topological polar surface area (TPSA) is 49.3 Å². The van der Waals surface area contributed by atoms with E-state index >= 15 is 0 Å². The maximum Gasteiger partial charge on any atom is 0.321 e. The largest absolute Gasteiger partial charge is 0.480 e. The molecule has 0 amide bonds. The summed E-state index contributed by atoms with van der Waals surface area (Å²) in [7, 11) is 0. The van der Waals surface area contributed by atoms with Gasteiger partial charge in [-0.25, -0.2) is 0 Å².